The number of fused-ring (bicyclic) bond motifs is 1. The van der Waals surface area contributed by atoms with Crippen LogP contribution in [-0.2, 0) is 6.18 Å². The zero-order valence-corrected chi connectivity index (χ0v) is 13.2. The van der Waals surface area contributed by atoms with Crippen molar-refractivity contribution in [2.75, 3.05) is 11.1 Å². The highest BCUT2D eigenvalue weighted by Crippen LogP contribution is 2.33. The lowest BCUT2D eigenvalue weighted by atomic mass is 10.1. The molecule has 0 radical (unpaired) electrons. The van der Waals surface area contributed by atoms with Crippen LogP contribution in [-0.4, -0.2) is 9.97 Å². The first-order valence-corrected chi connectivity index (χ1v) is 7.29. The van der Waals surface area contributed by atoms with E-state index in [1.54, 1.807) is 25.1 Å². The average molecular weight is 353 g/mol. The molecule has 0 aliphatic heterocycles. The van der Waals surface area contributed by atoms with Crippen LogP contribution >= 0.6 is 11.6 Å². The van der Waals surface area contributed by atoms with E-state index in [9.17, 15) is 13.2 Å². The van der Waals surface area contributed by atoms with Gasteiger partial charge in [-0.25, -0.2) is 9.97 Å². The van der Waals surface area contributed by atoms with Crippen LogP contribution < -0.4 is 11.1 Å². The molecule has 0 aliphatic rings. The molecule has 0 saturated heterocycles. The number of nitrogens with zero attached hydrogens (tertiary/aromatic N) is 2. The van der Waals surface area contributed by atoms with E-state index in [0.717, 1.165) is 18.3 Å². The third-order valence-electron chi connectivity index (χ3n) is 3.49. The number of aryl methyl sites for hydroxylation is 1. The predicted octanol–water partition coefficient (Wildman–Crippen LogP) is 4.94. The maximum atomic E-state index is 12.8. The SMILES string of the molecule is Cc1cc2c(N)ccc(Cl)c2nc1Nc1cc(C(F)(F)F)ccn1. The van der Waals surface area contributed by atoms with E-state index in [-0.39, 0.29) is 5.82 Å². The minimum atomic E-state index is -4.44. The second-order valence-electron chi connectivity index (χ2n) is 5.24. The Morgan fingerprint density at radius 1 is 1.17 bits per heavy atom. The van der Waals surface area contributed by atoms with E-state index >= 15 is 0 Å². The molecule has 0 bridgehead atoms. The van der Waals surface area contributed by atoms with Gasteiger partial charge in [-0.05, 0) is 42.8 Å². The third-order valence-corrected chi connectivity index (χ3v) is 3.80. The zero-order chi connectivity index (χ0) is 17.5. The van der Waals surface area contributed by atoms with E-state index in [2.05, 4.69) is 15.3 Å². The fraction of sp³-hybridized carbons (Fsp3) is 0.125. The van der Waals surface area contributed by atoms with E-state index in [1.807, 2.05) is 0 Å². The molecule has 124 valence electrons. The lowest BCUT2D eigenvalue weighted by Crippen LogP contribution is -2.07. The van der Waals surface area contributed by atoms with E-state index in [4.69, 9.17) is 17.3 Å². The molecule has 0 unspecified atom stereocenters. The maximum absolute atomic E-state index is 12.8. The molecule has 2 aromatic heterocycles. The number of benzene rings is 1. The van der Waals surface area contributed by atoms with Crippen LogP contribution in [0.5, 0.6) is 0 Å². The Hall–Kier alpha value is -2.54. The smallest absolute Gasteiger partial charge is 0.398 e. The molecule has 0 spiro atoms. The van der Waals surface area contributed by atoms with Gasteiger partial charge in [0, 0.05) is 17.3 Å². The number of hydrogen-bond acceptors (Lipinski definition) is 4. The van der Waals surface area contributed by atoms with Crippen LogP contribution in [0, 0.1) is 6.92 Å². The summed E-state index contributed by atoms with van der Waals surface area (Å²) in [6.07, 6.45) is -3.35. The minimum Gasteiger partial charge on any atom is -0.398 e. The lowest BCUT2D eigenvalue weighted by molar-refractivity contribution is -0.137. The molecule has 0 aliphatic carbocycles. The van der Waals surface area contributed by atoms with Crippen molar-refractivity contribution in [1.29, 1.82) is 0 Å². The van der Waals surface area contributed by atoms with Gasteiger partial charge in [-0.3, -0.25) is 0 Å². The van der Waals surface area contributed by atoms with Crippen LogP contribution in [0.25, 0.3) is 10.9 Å². The molecule has 3 N–H and O–H groups in total. The van der Waals surface area contributed by atoms with Crippen molar-refractivity contribution in [3.05, 3.63) is 52.7 Å². The van der Waals surface area contributed by atoms with Gasteiger partial charge in [0.2, 0.25) is 0 Å². The quantitative estimate of drug-likeness (QED) is 0.641. The van der Waals surface area contributed by atoms with Crippen LogP contribution in [0.15, 0.2) is 36.5 Å². The number of anilines is 3. The summed E-state index contributed by atoms with van der Waals surface area (Å²) in [4.78, 5) is 8.28. The number of alkyl halides is 3. The fourth-order valence-electron chi connectivity index (χ4n) is 2.27. The summed E-state index contributed by atoms with van der Waals surface area (Å²) < 4.78 is 38.4. The summed E-state index contributed by atoms with van der Waals surface area (Å²) in [5, 5.41) is 3.89. The summed E-state index contributed by atoms with van der Waals surface area (Å²) in [6.45, 7) is 1.77. The molecule has 24 heavy (non-hydrogen) atoms. The second-order valence-corrected chi connectivity index (χ2v) is 5.65. The first-order chi connectivity index (χ1) is 11.3. The minimum absolute atomic E-state index is 0.0415. The number of nitrogens with two attached hydrogens (primary N) is 1. The van der Waals surface area contributed by atoms with Gasteiger partial charge < -0.3 is 11.1 Å². The highest BCUT2D eigenvalue weighted by molar-refractivity contribution is 6.35. The van der Waals surface area contributed by atoms with Gasteiger partial charge in [-0.1, -0.05) is 11.6 Å². The monoisotopic (exact) mass is 352 g/mol. The van der Waals surface area contributed by atoms with Gasteiger partial charge in [0.15, 0.2) is 0 Å². The van der Waals surface area contributed by atoms with Gasteiger partial charge in [0.05, 0.1) is 16.1 Å². The maximum Gasteiger partial charge on any atom is 0.416 e. The van der Waals surface area contributed by atoms with Crippen molar-refractivity contribution in [3.8, 4) is 0 Å². The molecule has 1 aromatic carbocycles. The summed E-state index contributed by atoms with van der Waals surface area (Å²) >= 11 is 6.13. The van der Waals surface area contributed by atoms with E-state index < -0.39 is 11.7 Å². The van der Waals surface area contributed by atoms with E-state index in [0.29, 0.717) is 33.0 Å². The molecule has 0 fully saturated rings. The molecule has 4 nitrogen and oxygen atoms in total. The van der Waals surface area contributed by atoms with Gasteiger partial charge in [-0.2, -0.15) is 13.2 Å². The van der Waals surface area contributed by atoms with Crippen LogP contribution in [0.1, 0.15) is 11.1 Å². The Kier molecular flexibility index (Phi) is 3.96. The van der Waals surface area contributed by atoms with Gasteiger partial charge in [-0.15, -0.1) is 0 Å². The largest absolute Gasteiger partial charge is 0.416 e. The first kappa shape index (κ1) is 16.3. The Bertz CT molecular complexity index is 925. The third kappa shape index (κ3) is 3.07. The molecule has 0 amide bonds. The number of nitrogens with one attached hydrogen (secondary N) is 1. The second kappa shape index (κ2) is 5.83. The lowest BCUT2D eigenvalue weighted by Gasteiger charge is -2.13. The molecule has 2 heterocycles. The Labute approximate surface area is 140 Å². The van der Waals surface area contributed by atoms with Crippen molar-refractivity contribution in [2.45, 2.75) is 13.1 Å². The topological polar surface area (TPSA) is 63.8 Å². The van der Waals surface area contributed by atoms with Gasteiger partial charge in [0.25, 0.3) is 0 Å². The fourth-order valence-corrected chi connectivity index (χ4v) is 2.48. The zero-order valence-electron chi connectivity index (χ0n) is 12.4. The molecule has 3 rings (SSSR count). The molecule has 8 heteroatoms. The number of pyridine rings is 2. The number of aromatic nitrogens is 2. The first-order valence-electron chi connectivity index (χ1n) is 6.91. The highest BCUT2D eigenvalue weighted by atomic mass is 35.5. The van der Waals surface area contributed by atoms with Crippen LogP contribution in [0.4, 0.5) is 30.5 Å². The summed E-state index contributed by atoms with van der Waals surface area (Å²) in [7, 11) is 0. The molecular weight excluding hydrogens is 341 g/mol. The number of nitrogen functional groups attached to an aromatic ring is 1. The molecule has 3 aromatic rings. The van der Waals surface area contributed by atoms with Crippen molar-refractivity contribution in [3.63, 3.8) is 0 Å². The summed E-state index contributed by atoms with van der Waals surface area (Å²) in [5.74, 6) is 0.404. The van der Waals surface area contributed by atoms with Crippen molar-refractivity contribution in [1.82, 2.24) is 9.97 Å². The Balaban J connectivity index is 2.05. The van der Waals surface area contributed by atoms with Crippen molar-refractivity contribution < 1.29 is 13.2 Å². The Morgan fingerprint density at radius 2 is 1.92 bits per heavy atom. The van der Waals surface area contributed by atoms with Crippen LogP contribution in [0.3, 0.4) is 0 Å². The molecule has 0 saturated carbocycles. The number of halogens is 4. The van der Waals surface area contributed by atoms with E-state index in [1.165, 1.54) is 0 Å². The van der Waals surface area contributed by atoms with Gasteiger partial charge >= 0.3 is 6.18 Å². The number of rotatable bonds is 2. The standard InChI is InChI=1S/C16H12ClF3N4/c1-8-6-10-12(21)3-2-11(17)14(10)24-15(8)23-13-7-9(4-5-22-13)16(18,19)20/h2-7H,21H2,1H3,(H,22,23,24). The summed E-state index contributed by atoms with van der Waals surface area (Å²) in [6, 6.07) is 6.90. The molecule has 0 atom stereocenters. The average Bonchev–Trinajstić information content (AvgIpc) is 2.52. The Morgan fingerprint density at radius 3 is 2.62 bits per heavy atom. The van der Waals surface area contributed by atoms with Crippen LogP contribution in [0.2, 0.25) is 5.02 Å². The predicted molar refractivity (Wildman–Crippen MR) is 88.4 cm³/mol. The normalized spacial score (nSPS) is 11.7. The summed E-state index contributed by atoms with van der Waals surface area (Å²) in [5.41, 5.74) is 6.81. The number of hydrogen-bond donors (Lipinski definition) is 2. The van der Waals surface area contributed by atoms with Crippen molar-refractivity contribution in [2.24, 2.45) is 0 Å². The van der Waals surface area contributed by atoms with Crippen molar-refractivity contribution >= 4 is 39.8 Å². The molecular formula is C16H12ClF3N4. The highest BCUT2D eigenvalue weighted by Gasteiger charge is 2.30. The van der Waals surface area contributed by atoms with Gasteiger partial charge in [0.1, 0.15) is 11.6 Å².